The lowest BCUT2D eigenvalue weighted by Gasteiger charge is -2.04. The van der Waals surface area contributed by atoms with Gasteiger partial charge in [-0.05, 0) is 6.92 Å². The predicted molar refractivity (Wildman–Crippen MR) is 40.0 cm³/mol. The van der Waals surface area contributed by atoms with Gasteiger partial charge in [0, 0.05) is 6.92 Å². The fourth-order valence-electron chi connectivity index (χ4n) is 0.308. The van der Waals surface area contributed by atoms with Crippen LogP contribution in [0.2, 0.25) is 0 Å². The summed E-state index contributed by atoms with van der Waals surface area (Å²) in [5.41, 5.74) is 0. The van der Waals surface area contributed by atoms with Gasteiger partial charge in [0.1, 0.15) is 17.2 Å². The van der Waals surface area contributed by atoms with Crippen molar-refractivity contribution in [1.29, 1.82) is 0 Å². The molecule has 3 nitrogen and oxygen atoms in total. The maximum atomic E-state index is 10.5. The van der Waals surface area contributed by atoms with E-state index in [0.29, 0.717) is 0 Å². The molecule has 0 heterocycles. The highest BCUT2D eigenvalue weighted by Crippen LogP contribution is 2.00. The summed E-state index contributed by atoms with van der Waals surface area (Å²) in [4.78, 5) is 20.4. The first kappa shape index (κ1) is 9.62. The Hall–Kier alpha value is -0.380. The molecule has 0 saturated heterocycles. The summed E-state index contributed by atoms with van der Waals surface area (Å²) in [5.74, 6) is -0.410. The van der Waals surface area contributed by atoms with Crippen LogP contribution in [0.15, 0.2) is 0 Å². The summed E-state index contributed by atoms with van der Waals surface area (Å²) in [6, 6.07) is 0. The molecule has 0 aromatic rings. The molecule has 1 atom stereocenters. The largest absolute Gasteiger partial charge is 0.464 e. The molecule has 4 heteroatoms. The number of alkyl halides is 1. The monoisotopic (exact) mass is 208 g/mol. The van der Waals surface area contributed by atoms with Crippen LogP contribution < -0.4 is 0 Å². The fourth-order valence-corrected chi connectivity index (χ4v) is 0.440. The number of hydrogen-bond acceptors (Lipinski definition) is 3. The summed E-state index contributed by atoms with van der Waals surface area (Å²) in [6.07, 6.45) is 0. The molecular formula is C6H9BrO3. The van der Waals surface area contributed by atoms with Gasteiger partial charge < -0.3 is 4.74 Å². The zero-order valence-corrected chi connectivity index (χ0v) is 7.47. The van der Waals surface area contributed by atoms with E-state index in [1.165, 1.54) is 13.8 Å². The second-order valence-electron chi connectivity index (χ2n) is 1.88. The van der Waals surface area contributed by atoms with Crippen molar-refractivity contribution < 1.29 is 14.3 Å². The van der Waals surface area contributed by atoms with Gasteiger partial charge >= 0.3 is 5.97 Å². The van der Waals surface area contributed by atoms with Crippen molar-refractivity contribution in [3.05, 3.63) is 0 Å². The third kappa shape index (κ3) is 4.49. The Labute approximate surface area is 67.9 Å². The normalized spacial score (nSPS) is 12.3. The van der Waals surface area contributed by atoms with Gasteiger partial charge in [-0.15, -0.1) is 0 Å². The van der Waals surface area contributed by atoms with Crippen molar-refractivity contribution in [1.82, 2.24) is 0 Å². The van der Waals surface area contributed by atoms with Crippen molar-refractivity contribution in [2.24, 2.45) is 0 Å². The van der Waals surface area contributed by atoms with Crippen LogP contribution in [0.4, 0.5) is 0 Å². The highest BCUT2D eigenvalue weighted by Gasteiger charge is 2.10. The first-order valence-corrected chi connectivity index (χ1v) is 3.73. The molecule has 0 aliphatic rings. The van der Waals surface area contributed by atoms with Crippen LogP contribution in [-0.4, -0.2) is 23.2 Å². The van der Waals surface area contributed by atoms with Crippen LogP contribution in [-0.2, 0) is 14.3 Å². The molecule has 0 bridgehead atoms. The maximum Gasteiger partial charge on any atom is 0.302 e. The minimum Gasteiger partial charge on any atom is -0.464 e. The smallest absolute Gasteiger partial charge is 0.302 e. The van der Waals surface area contributed by atoms with Gasteiger partial charge in [0.25, 0.3) is 0 Å². The molecule has 0 N–H and O–H groups in total. The Morgan fingerprint density at radius 1 is 1.50 bits per heavy atom. The Morgan fingerprint density at radius 3 is 2.30 bits per heavy atom. The topological polar surface area (TPSA) is 43.4 Å². The van der Waals surface area contributed by atoms with Gasteiger partial charge in [0.2, 0.25) is 0 Å². The fraction of sp³-hybridized carbons (Fsp3) is 0.667. The lowest BCUT2D eigenvalue weighted by atomic mass is 10.3. The van der Waals surface area contributed by atoms with Gasteiger partial charge in [-0.1, -0.05) is 15.9 Å². The lowest BCUT2D eigenvalue weighted by Crippen LogP contribution is -2.18. The van der Waals surface area contributed by atoms with E-state index in [4.69, 9.17) is 0 Å². The van der Waals surface area contributed by atoms with E-state index in [-0.39, 0.29) is 23.2 Å². The number of ether oxygens (including phenoxy) is 1. The van der Waals surface area contributed by atoms with Crippen LogP contribution in [0.25, 0.3) is 0 Å². The zero-order valence-electron chi connectivity index (χ0n) is 5.89. The Morgan fingerprint density at radius 2 is 2.00 bits per heavy atom. The van der Waals surface area contributed by atoms with E-state index in [0.717, 1.165) is 0 Å². The van der Waals surface area contributed by atoms with Crippen LogP contribution in [0.1, 0.15) is 13.8 Å². The van der Waals surface area contributed by atoms with Crippen LogP contribution in [0.3, 0.4) is 0 Å². The van der Waals surface area contributed by atoms with Crippen molar-refractivity contribution in [2.45, 2.75) is 18.7 Å². The molecule has 1 unspecified atom stereocenters. The van der Waals surface area contributed by atoms with Crippen LogP contribution >= 0.6 is 15.9 Å². The molecule has 0 radical (unpaired) electrons. The molecule has 10 heavy (non-hydrogen) atoms. The Bertz CT molecular complexity index is 144. The number of carbonyl (C=O) groups excluding carboxylic acids is 2. The number of Topliss-reactive ketones (excluding diaryl/α,β-unsaturated/α-hetero) is 1. The highest BCUT2D eigenvalue weighted by atomic mass is 79.9. The summed E-state index contributed by atoms with van der Waals surface area (Å²) in [7, 11) is 0. The van der Waals surface area contributed by atoms with Gasteiger partial charge in [-0.25, -0.2) is 0 Å². The third-order valence-electron chi connectivity index (χ3n) is 0.874. The van der Waals surface area contributed by atoms with Crippen molar-refractivity contribution >= 4 is 27.7 Å². The van der Waals surface area contributed by atoms with Gasteiger partial charge in [-0.3, -0.25) is 9.59 Å². The zero-order chi connectivity index (χ0) is 8.15. The molecule has 0 aromatic carbocycles. The highest BCUT2D eigenvalue weighted by molar-refractivity contribution is 9.10. The van der Waals surface area contributed by atoms with Gasteiger partial charge in [0.15, 0.2) is 0 Å². The SMILES string of the molecule is CC(=O)OCC(Br)C(C)=O. The second-order valence-corrected chi connectivity index (χ2v) is 2.99. The molecular weight excluding hydrogens is 200 g/mol. The predicted octanol–water partition coefficient (Wildman–Crippen LogP) is 0.902. The van der Waals surface area contributed by atoms with Gasteiger partial charge in [-0.2, -0.15) is 0 Å². The average molecular weight is 209 g/mol. The quantitative estimate of drug-likeness (QED) is 0.512. The van der Waals surface area contributed by atoms with Gasteiger partial charge in [0.05, 0.1) is 0 Å². The number of carbonyl (C=O) groups is 2. The molecule has 58 valence electrons. The molecule has 0 aromatic heterocycles. The molecule has 0 rings (SSSR count). The molecule has 0 fully saturated rings. The van der Waals surface area contributed by atoms with E-state index in [9.17, 15) is 9.59 Å². The van der Waals surface area contributed by atoms with Crippen molar-refractivity contribution in [3.8, 4) is 0 Å². The van der Waals surface area contributed by atoms with E-state index in [1.807, 2.05) is 0 Å². The lowest BCUT2D eigenvalue weighted by molar-refractivity contribution is -0.141. The minimum absolute atomic E-state index is 0.0405. The first-order valence-electron chi connectivity index (χ1n) is 2.82. The average Bonchev–Trinajstić information content (AvgIpc) is 1.82. The number of hydrogen-bond donors (Lipinski definition) is 0. The first-order chi connectivity index (χ1) is 4.54. The van der Waals surface area contributed by atoms with E-state index < -0.39 is 0 Å². The van der Waals surface area contributed by atoms with E-state index in [1.54, 1.807) is 0 Å². The summed E-state index contributed by atoms with van der Waals surface area (Å²) < 4.78 is 4.56. The summed E-state index contributed by atoms with van der Waals surface area (Å²) in [6.45, 7) is 2.85. The van der Waals surface area contributed by atoms with E-state index >= 15 is 0 Å². The maximum absolute atomic E-state index is 10.5. The second kappa shape index (κ2) is 4.44. The van der Waals surface area contributed by atoms with Crippen molar-refractivity contribution in [3.63, 3.8) is 0 Å². The molecule has 0 amide bonds. The molecule has 0 aliphatic carbocycles. The third-order valence-corrected chi connectivity index (χ3v) is 1.78. The standard InChI is InChI=1S/C6H9BrO3/c1-4(8)6(7)3-10-5(2)9/h6H,3H2,1-2H3. The number of ketones is 1. The molecule has 0 saturated carbocycles. The van der Waals surface area contributed by atoms with E-state index in [2.05, 4.69) is 20.7 Å². The number of esters is 1. The summed E-state index contributed by atoms with van der Waals surface area (Å²) >= 11 is 3.04. The molecule has 0 aliphatic heterocycles. The molecule has 0 spiro atoms. The van der Waals surface area contributed by atoms with Crippen LogP contribution in [0.5, 0.6) is 0 Å². The number of halogens is 1. The minimum atomic E-state index is -0.370. The summed E-state index contributed by atoms with van der Waals surface area (Å²) in [5, 5.41) is 0. The van der Waals surface area contributed by atoms with Crippen molar-refractivity contribution in [2.75, 3.05) is 6.61 Å². The van der Waals surface area contributed by atoms with Crippen LogP contribution in [0, 0.1) is 0 Å². The Balaban J connectivity index is 3.49. The Kier molecular flexibility index (Phi) is 4.27. The number of rotatable bonds is 3.